The van der Waals surface area contributed by atoms with Gasteiger partial charge in [-0.15, -0.1) is 0 Å². The molecular weight excluding hydrogens is 275 g/mol. The maximum atomic E-state index is 5.81. The fourth-order valence-corrected chi connectivity index (χ4v) is 3.55. The first-order chi connectivity index (χ1) is 6.27. The zero-order valence-electron chi connectivity index (χ0n) is 8.06. The summed E-state index contributed by atoms with van der Waals surface area (Å²) in [4.78, 5) is 0. The third kappa shape index (κ3) is 2.18. The van der Waals surface area contributed by atoms with E-state index in [-0.39, 0.29) is 0 Å². The maximum Gasteiger partial charge on any atom is 0.0436 e. The SMILES string of the molecule is NCC1(NC2CCCCC2)CC1I. The Kier molecular flexibility index (Phi) is 3.15. The van der Waals surface area contributed by atoms with Crippen LogP contribution in [0.4, 0.5) is 0 Å². The molecule has 0 spiro atoms. The second-order valence-electron chi connectivity index (χ2n) is 4.51. The van der Waals surface area contributed by atoms with Crippen LogP contribution in [0.2, 0.25) is 0 Å². The number of alkyl halides is 1. The highest BCUT2D eigenvalue weighted by atomic mass is 127. The van der Waals surface area contributed by atoms with E-state index in [0.29, 0.717) is 5.54 Å². The van der Waals surface area contributed by atoms with Gasteiger partial charge in [0.2, 0.25) is 0 Å². The molecule has 0 aromatic carbocycles. The van der Waals surface area contributed by atoms with E-state index >= 15 is 0 Å². The Morgan fingerprint density at radius 2 is 1.92 bits per heavy atom. The van der Waals surface area contributed by atoms with Crippen molar-refractivity contribution in [3.05, 3.63) is 0 Å². The Morgan fingerprint density at radius 3 is 2.38 bits per heavy atom. The first kappa shape index (κ1) is 10.2. The molecule has 13 heavy (non-hydrogen) atoms. The van der Waals surface area contributed by atoms with Crippen LogP contribution < -0.4 is 11.1 Å². The Morgan fingerprint density at radius 1 is 1.31 bits per heavy atom. The van der Waals surface area contributed by atoms with Crippen molar-refractivity contribution in [1.29, 1.82) is 0 Å². The second kappa shape index (κ2) is 4.03. The van der Waals surface area contributed by atoms with Gasteiger partial charge in [-0.2, -0.15) is 0 Å². The lowest BCUT2D eigenvalue weighted by Gasteiger charge is -2.28. The molecule has 2 aliphatic carbocycles. The largest absolute Gasteiger partial charge is 0.329 e. The van der Waals surface area contributed by atoms with E-state index in [9.17, 15) is 0 Å². The Balaban J connectivity index is 1.82. The van der Waals surface area contributed by atoms with Gasteiger partial charge in [-0.25, -0.2) is 0 Å². The van der Waals surface area contributed by atoms with Gasteiger partial charge < -0.3 is 11.1 Å². The molecule has 2 nitrogen and oxygen atoms in total. The van der Waals surface area contributed by atoms with E-state index in [0.717, 1.165) is 16.5 Å². The van der Waals surface area contributed by atoms with E-state index in [1.165, 1.54) is 38.5 Å². The van der Waals surface area contributed by atoms with Crippen LogP contribution in [0.25, 0.3) is 0 Å². The summed E-state index contributed by atoms with van der Waals surface area (Å²) in [6, 6.07) is 0.761. The normalized spacial score (nSPS) is 40.6. The number of halogens is 1. The highest BCUT2D eigenvalue weighted by Crippen LogP contribution is 2.43. The van der Waals surface area contributed by atoms with E-state index < -0.39 is 0 Å². The van der Waals surface area contributed by atoms with Crippen LogP contribution in [0.5, 0.6) is 0 Å². The summed E-state index contributed by atoms with van der Waals surface area (Å²) in [7, 11) is 0. The minimum atomic E-state index is 0.322. The van der Waals surface area contributed by atoms with E-state index in [1.54, 1.807) is 0 Å². The van der Waals surface area contributed by atoms with E-state index in [1.807, 2.05) is 0 Å². The summed E-state index contributed by atoms with van der Waals surface area (Å²) in [6.45, 7) is 0.817. The number of nitrogens with one attached hydrogen (secondary N) is 1. The summed E-state index contributed by atoms with van der Waals surface area (Å²) in [5.41, 5.74) is 6.13. The second-order valence-corrected chi connectivity index (χ2v) is 6.01. The summed E-state index contributed by atoms with van der Waals surface area (Å²) < 4.78 is 0.775. The molecule has 2 saturated carbocycles. The standard InChI is InChI=1S/C10H19IN2/c11-9-6-10(9,7-12)13-8-4-2-1-3-5-8/h8-9,13H,1-7,12H2. The number of hydrogen-bond acceptors (Lipinski definition) is 2. The van der Waals surface area contributed by atoms with Gasteiger partial charge in [0, 0.05) is 22.1 Å². The molecule has 2 fully saturated rings. The van der Waals surface area contributed by atoms with Crippen molar-refractivity contribution in [3.63, 3.8) is 0 Å². The van der Waals surface area contributed by atoms with Gasteiger partial charge in [-0.1, -0.05) is 41.9 Å². The molecule has 2 unspecified atom stereocenters. The van der Waals surface area contributed by atoms with Crippen LogP contribution >= 0.6 is 22.6 Å². The lowest BCUT2D eigenvalue weighted by molar-refractivity contribution is 0.330. The third-order valence-electron chi connectivity index (χ3n) is 3.44. The van der Waals surface area contributed by atoms with E-state index in [2.05, 4.69) is 27.9 Å². The van der Waals surface area contributed by atoms with Crippen molar-refractivity contribution in [3.8, 4) is 0 Å². The highest BCUT2D eigenvalue weighted by Gasteiger charge is 2.52. The molecule has 0 bridgehead atoms. The quantitative estimate of drug-likeness (QED) is 0.615. The molecule has 2 rings (SSSR count). The predicted octanol–water partition coefficient (Wildman–Crippen LogP) is 1.81. The topological polar surface area (TPSA) is 38.0 Å². The van der Waals surface area contributed by atoms with Gasteiger partial charge >= 0.3 is 0 Å². The van der Waals surface area contributed by atoms with Gasteiger partial charge in [0.15, 0.2) is 0 Å². The Labute approximate surface area is 94.2 Å². The van der Waals surface area contributed by atoms with Gasteiger partial charge in [0.25, 0.3) is 0 Å². The van der Waals surface area contributed by atoms with E-state index in [4.69, 9.17) is 5.73 Å². The van der Waals surface area contributed by atoms with Crippen LogP contribution in [-0.2, 0) is 0 Å². The number of hydrogen-bond donors (Lipinski definition) is 2. The van der Waals surface area contributed by atoms with Crippen molar-refractivity contribution in [2.45, 2.75) is 54.0 Å². The lowest BCUT2D eigenvalue weighted by Crippen LogP contribution is -2.47. The van der Waals surface area contributed by atoms with Crippen molar-refractivity contribution in [2.24, 2.45) is 5.73 Å². The lowest BCUT2D eigenvalue weighted by atomic mass is 9.94. The highest BCUT2D eigenvalue weighted by molar-refractivity contribution is 14.1. The van der Waals surface area contributed by atoms with Crippen LogP contribution in [0.15, 0.2) is 0 Å². The molecule has 76 valence electrons. The summed E-state index contributed by atoms with van der Waals surface area (Å²) in [5.74, 6) is 0. The average molecular weight is 294 g/mol. The molecule has 0 aliphatic heterocycles. The fraction of sp³-hybridized carbons (Fsp3) is 1.00. The number of rotatable bonds is 3. The fourth-order valence-electron chi connectivity index (χ4n) is 2.33. The maximum absolute atomic E-state index is 5.81. The van der Waals surface area contributed by atoms with Gasteiger partial charge in [-0.3, -0.25) is 0 Å². The molecule has 0 aromatic heterocycles. The molecule has 2 aliphatic rings. The monoisotopic (exact) mass is 294 g/mol. The van der Waals surface area contributed by atoms with Crippen molar-refractivity contribution >= 4 is 22.6 Å². The van der Waals surface area contributed by atoms with Crippen LogP contribution in [0.1, 0.15) is 38.5 Å². The molecule has 0 radical (unpaired) electrons. The summed E-state index contributed by atoms with van der Waals surface area (Å²) >= 11 is 2.52. The molecule has 2 atom stereocenters. The zero-order chi connectivity index (χ0) is 9.31. The molecule has 0 aromatic rings. The molecule has 0 heterocycles. The van der Waals surface area contributed by atoms with Crippen LogP contribution in [0, 0.1) is 0 Å². The van der Waals surface area contributed by atoms with Crippen molar-refractivity contribution in [2.75, 3.05) is 6.54 Å². The zero-order valence-corrected chi connectivity index (χ0v) is 10.2. The molecular formula is C10H19IN2. The van der Waals surface area contributed by atoms with Gasteiger partial charge in [0.1, 0.15) is 0 Å². The summed E-state index contributed by atoms with van der Waals surface area (Å²) in [6.07, 6.45) is 8.26. The summed E-state index contributed by atoms with van der Waals surface area (Å²) in [5, 5.41) is 3.77. The molecule has 0 saturated heterocycles. The van der Waals surface area contributed by atoms with Crippen molar-refractivity contribution in [1.82, 2.24) is 5.32 Å². The minimum absolute atomic E-state index is 0.322. The van der Waals surface area contributed by atoms with Gasteiger partial charge in [-0.05, 0) is 19.3 Å². The number of nitrogens with two attached hydrogens (primary N) is 1. The van der Waals surface area contributed by atoms with Crippen molar-refractivity contribution < 1.29 is 0 Å². The van der Waals surface area contributed by atoms with Crippen LogP contribution in [-0.4, -0.2) is 22.1 Å². The average Bonchev–Trinajstić information content (AvgIpc) is 2.79. The Hall–Kier alpha value is 0.650. The third-order valence-corrected chi connectivity index (χ3v) is 5.08. The molecule has 0 amide bonds. The Bertz CT molecular complexity index is 176. The smallest absolute Gasteiger partial charge is 0.0436 e. The van der Waals surface area contributed by atoms with Crippen LogP contribution in [0.3, 0.4) is 0 Å². The van der Waals surface area contributed by atoms with Gasteiger partial charge in [0.05, 0.1) is 0 Å². The molecule has 3 heteroatoms. The predicted molar refractivity (Wildman–Crippen MR) is 64.2 cm³/mol. The minimum Gasteiger partial charge on any atom is -0.329 e. The molecule has 3 N–H and O–H groups in total. The first-order valence-electron chi connectivity index (χ1n) is 5.39. The first-order valence-corrected chi connectivity index (χ1v) is 6.63.